The first-order chi connectivity index (χ1) is 12.9. The molecule has 0 spiro atoms. The average Bonchev–Trinajstić information content (AvgIpc) is 2.64. The molecule has 1 fully saturated rings. The van der Waals surface area contributed by atoms with Crippen LogP contribution < -0.4 is 10.6 Å². The van der Waals surface area contributed by atoms with E-state index in [9.17, 15) is 18.8 Å². The molecule has 0 bridgehead atoms. The molecule has 1 aromatic rings. The van der Waals surface area contributed by atoms with Crippen LogP contribution in [0.5, 0.6) is 0 Å². The van der Waals surface area contributed by atoms with Crippen molar-refractivity contribution < 1.29 is 18.8 Å². The Labute approximate surface area is 162 Å². The second-order valence-corrected chi connectivity index (χ2v) is 6.79. The molecule has 1 aliphatic heterocycles. The van der Waals surface area contributed by atoms with E-state index in [1.807, 2.05) is 11.8 Å². The zero-order valence-corrected chi connectivity index (χ0v) is 16.0. The molecule has 9 heteroatoms. The van der Waals surface area contributed by atoms with Gasteiger partial charge in [0.25, 0.3) is 5.91 Å². The topological polar surface area (TPSA) is 81.8 Å². The van der Waals surface area contributed by atoms with Gasteiger partial charge in [-0.15, -0.1) is 0 Å². The van der Waals surface area contributed by atoms with Gasteiger partial charge in [0.2, 0.25) is 5.91 Å². The molecule has 0 aliphatic carbocycles. The molecule has 0 unspecified atom stereocenters. The third kappa shape index (κ3) is 6.48. The molecule has 4 amide bonds. The van der Waals surface area contributed by atoms with Gasteiger partial charge < -0.3 is 10.2 Å². The van der Waals surface area contributed by atoms with Gasteiger partial charge in [0.1, 0.15) is 5.82 Å². The number of piperazine rings is 1. The largest absolute Gasteiger partial charge is 0.338 e. The Morgan fingerprint density at radius 3 is 2.56 bits per heavy atom. The Balaban J connectivity index is 1.78. The SMILES string of the molecule is CCCCNC(=O)NC(=O)CN1CCN(C(=O)c2cc(Cl)ccc2F)CC1. The quantitative estimate of drug-likeness (QED) is 0.717. The summed E-state index contributed by atoms with van der Waals surface area (Å²) in [6.45, 7) is 4.24. The molecule has 1 heterocycles. The number of hydrogen-bond acceptors (Lipinski definition) is 4. The van der Waals surface area contributed by atoms with Crippen LogP contribution in [-0.4, -0.2) is 66.9 Å². The number of benzene rings is 1. The highest BCUT2D eigenvalue weighted by atomic mass is 35.5. The van der Waals surface area contributed by atoms with Crippen molar-refractivity contribution in [3.8, 4) is 0 Å². The molecule has 0 atom stereocenters. The van der Waals surface area contributed by atoms with E-state index in [1.165, 1.54) is 23.1 Å². The zero-order valence-electron chi connectivity index (χ0n) is 15.3. The fourth-order valence-electron chi connectivity index (χ4n) is 2.73. The fourth-order valence-corrected chi connectivity index (χ4v) is 2.91. The van der Waals surface area contributed by atoms with Crippen LogP contribution in [0.25, 0.3) is 0 Å². The second-order valence-electron chi connectivity index (χ2n) is 6.35. The van der Waals surface area contributed by atoms with Gasteiger partial charge >= 0.3 is 6.03 Å². The molecule has 148 valence electrons. The molecule has 0 saturated carbocycles. The zero-order chi connectivity index (χ0) is 19.8. The molecule has 27 heavy (non-hydrogen) atoms. The number of halogens is 2. The van der Waals surface area contributed by atoms with Crippen LogP contribution in [0.4, 0.5) is 9.18 Å². The minimum atomic E-state index is -0.611. The molecule has 1 saturated heterocycles. The summed E-state index contributed by atoms with van der Waals surface area (Å²) >= 11 is 5.84. The predicted molar refractivity (Wildman–Crippen MR) is 100 cm³/mol. The summed E-state index contributed by atoms with van der Waals surface area (Å²) < 4.78 is 13.8. The van der Waals surface area contributed by atoms with Crippen molar-refractivity contribution in [1.82, 2.24) is 20.4 Å². The number of rotatable bonds is 6. The van der Waals surface area contributed by atoms with E-state index in [0.29, 0.717) is 37.7 Å². The van der Waals surface area contributed by atoms with Crippen LogP contribution in [0.2, 0.25) is 5.02 Å². The number of nitrogens with one attached hydrogen (secondary N) is 2. The summed E-state index contributed by atoms with van der Waals surface area (Å²) in [5.74, 6) is -1.43. The van der Waals surface area contributed by atoms with Crippen molar-refractivity contribution in [2.45, 2.75) is 19.8 Å². The second kappa shape index (κ2) is 10.2. The normalized spacial score (nSPS) is 14.7. The van der Waals surface area contributed by atoms with E-state index in [0.717, 1.165) is 12.8 Å². The Hall–Kier alpha value is -2.19. The lowest BCUT2D eigenvalue weighted by Crippen LogP contribution is -2.52. The van der Waals surface area contributed by atoms with E-state index >= 15 is 0 Å². The minimum absolute atomic E-state index is 0.0579. The molecule has 7 nitrogen and oxygen atoms in total. The van der Waals surface area contributed by atoms with E-state index in [2.05, 4.69) is 10.6 Å². The Morgan fingerprint density at radius 1 is 1.19 bits per heavy atom. The van der Waals surface area contributed by atoms with Crippen molar-refractivity contribution in [3.63, 3.8) is 0 Å². The van der Waals surface area contributed by atoms with E-state index in [-0.39, 0.29) is 12.1 Å². The van der Waals surface area contributed by atoms with Crippen LogP contribution in [0.3, 0.4) is 0 Å². The molecular formula is C18H24ClFN4O3. The maximum atomic E-state index is 13.8. The van der Waals surface area contributed by atoms with Gasteiger partial charge in [-0.05, 0) is 24.6 Å². The predicted octanol–water partition coefficient (Wildman–Crippen LogP) is 1.86. The molecule has 1 aromatic carbocycles. The summed E-state index contributed by atoms with van der Waals surface area (Å²) in [6, 6.07) is 3.37. The maximum absolute atomic E-state index is 13.8. The van der Waals surface area contributed by atoms with Gasteiger partial charge in [-0.25, -0.2) is 9.18 Å². The van der Waals surface area contributed by atoms with Gasteiger partial charge in [-0.3, -0.25) is 19.8 Å². The Kier molecular flexibility index (Phi) is 7.99. The number of unbranched alkanes of at least 4 members (excludes halogenated alkanes) is 1. The first-order valence-electron chi connectivity index (χ1n) is 8.95. The van der Waals surface area contributed by atoms with Gasteiger partial charge in [0.05, 0.1) is 12.1 Å². The van der Waals surface area contributed by atoms with Crippen LogP contribution in [0.1, 0.15) is 30.1 Å². The number of amides is 4. The summed E-state index contributed by atoms with van der Waals surface area (Å²) in [5, 5.41) is 5.20. The lowest BCUT2D eigenvalue weighted by molar-refractivity contribution is -0.121. The molecule has 2 N–H and O–H groups in total. The van der Waals surface area contributed by atoms with Gasteiger partial charge in [-0.2, -0.15) is 0 Å². The fraction of sp³-hybridized carbons (Fsp3) is 0.500. The van der Waals surface area contributed by atoms with Gasteiger partial charge in [-0.1, -0.05) is 24.9 Å². The minimum Gasteiger partial charge on any atom is -0.338 e. The first-order valence-corrected chi connectivity index (χ1v) is 9.33. The van der Waals surface area contributed by atoms with Crippen molar-refractivity contribution >= 4 is 29.4 Å². The number of urea groups is 1. The van der Waals surface area contributed by atoms with E-state index < -0.39 is 23.7 Å². The highest BCUT2D eigenvalue weighted by molar-refractivity contribution is 6.31. The number of nitrogens with zero attached hydrogens (tertiary/aromatic N) is 2. The van der Waals surface area contributed by atoms with Crippen LogP contribution in [0.15, 0.2) is 18.2 Å². The molecule has 1 aliphatic rings. The van der Waals surface area contributed by atoms with Crippen LogP contribution in [-0.2, 0) is 4.79 Å². The summed E-state index contributed by atoms with van der Waals surface area (Å²) in [4.78, 5) is 39.3. The number of carbonyl (C=O) groups excluding carboxylic acids is 3. The molecule has 0 aromatic heterocycles. The van der Waals surface area contributed by atoms with Gasteiger partial charge in [0.15, 0.2) is 0 Å². The van der Waals surface area contributed by atoms with Crippen molar-refractivity contribution in [2.75, 3.05) is 39.3 Å². The third-order valence-electron chi connectivity index (χ3n) is 4.25. The highest BCUT2D eigenvalue weighted by Gasteiger charge is 2.25. The monoisotopic (exact) mass is 398 g/mol. The van der Waals surface area contributed by atoms with Crippen molar-refractivity contribution in [1.29, 1.82) is 0 Å². The Morgan fingerprint density at radius 2 is 1.89 bits per heavy atom. The van der Waals surface area contributed by atoms with Crippen molar-refractivity contribution in [2.24, 2.45) is 0 Å². The lowest BCUT2D eigenvalue weighted by Gasteiger charge is -2.34. The molecule has 0 radical (unpaired) electrons. The average molecular weight is 399 g/mol. The summed E-state index contributed by atoms with van der Waals surface area (Å²) in [7, 11) is 0. The number of hydrogen-bond donors (Lipinski definition) is 2. The number of imide groups is 1. The van der Waals surface area contributed by atoms with Gasteiger partial charge in [0, 0.05) is 37.7 Å². The number of carbonyl (C=O) groups is 3. The molecule has 2 rings (SSSR count). The third-order valence-corrected chi connectivity index (χ3v) is 4.49. The maximum Gasteiger partial charge on any atom is 0.321 e. The van der Waals surface area contributed by atoms with E-state index in [4.69, 9.17) is 11.6 Å². The Bertz CT molecular complexity index is 693. The lowest BCUT2D eigenvalue weighted by atomic mass is 10.1. The smallest absolute Gasteiger partial charge is 0.321 e. The standard InChI is InChI=1S/C18H24ClFN4O3/c1-2-3-6-21-18(27)22-16(25)12-23-7-9-24(10-8-23)17(26)14-11-13(19)4-5-15(14)20/h4-5,11H,2-3,6-10,12H2,1H3,(H2,21,22,25,27). The van der Waals surface area contributed by atoms with Crippen molar-refractivity contribution in [3.05, 3.63) is 34.6 Å². The summed E-state index contributed by atoms with van der Waals surface area (Å²) in [6.07, 6.45) is 1.81. The van der Waals surface area contributed by atoms with Crippen LogP contribution in [0, 0.1) is 5.82 Å². The summed E-state index contributed by atoms with van der Waals surface area (Å²) in [5.41, 5.74) is -0.0579. The van der Waals surface area contributed by atoms with E-state index in [1.54, 1.807) is 0 Å². The highest BCUT2D eigenvalue weighted by Crippen LogP contribution is 2.17. The van der Waals surface area contributed by atoms with Crippen LogP contribution >= 0.6 is 11.6 Å². The molecular weight excluding hydrogens is 375 g/mol. The first kappa shape index (κ1) is 21.1.